The van der Waals surface area contributed by atoms with Crippen molar-refractivity contribution in [2.24, 2.45) is 0 Å². The molecule has 0 saturated carbocycles. The molecular formula is C17H29NO3. The van der Waals surface area contributed by atoms with Gasteiger partial charge in [-0.25, -0.2) is 0 Å². The van der Waals surface area contributed by atoms with Gasteiger partial charge in [0.25, 0.3) is 0 Å². The minimum atomic E-state index is 0.205. The lowest BCUT2D eigenvalue weighted by molar-refractivity contribution is 0.0382. The molecule has 0 fully saturated rings. The highest BCUT2D eigenvalue weighted by Gasteiger charge is 2.10. The lowest BCUT2D eigenvalue weighted by Crippen LogP contribution is -2.26. The second-order valence-corrected chi connectivity index (χ2v) is 4.92. The molecule has 0 radical (unpaired) electrons. The quantitative estimate of drug-likeness (QED) is 0.601. The van der Waals surface area contributed by atoms with E-state index in [1.165, 1.54) is 12.0 Å². The van der Waals surface area contributed by atoms with E-state index < -0.39 is 0 Å². The van der Waals surface area contributed by atoms with Crippen LogP contribution in [-0.4, -0.2) is 40.1 Å². The summed E-state index contributed by atoms with van der Waals surface area (Å²) < 4.78 is 16.4. The van der Waals surface area contributed by atoms with Crippen molar-refractivity contribution < 1.29 is 14.2 Å². The summed E-state index contributed by atoms with van der Waals surface area (Å²) in [5.74, 6) is 0.874. The number of nitrogens with one attached hydrogen (secondary N) is 1. The molecule has 1 unspecified atom stereocenters. The van der Waals surface area contributed by atoms with Crippen LogP contribution in [0, 0.1) is 0 Å². The summed E-state index contributed by atoms with van der Waals surface area (Å²) >= 11 is 0. The summed E-state index contributed by atoms with van der Waals surface area (Å²) in [7, 11) is 1.68. The highest BCUT2D eigenvalue weighted by atomic mass is 16.5. The lowest BCUT2D eigenvalue weighted by Gasteiger charge is -2.19. The van der Waals surface area contributed by atoms with Gasteiger partial charge >= 0.3 is 0 Å². The molecule has 0 aromatic heterocycles. The number of rotatable bonds is 12. The van der Waals surface area contributed by atoms with Crippen LogP contribution < -0.4 is 10.1 Å². The molecule has 0 heterocycles. The van der Waals surface area contributed by atoms with Gasteiger partial charge < -0.3 is 19.5 Å². The van der Waals surface area contributed by atoms with Crippen LogP contribution in [0.1, 0.15) is 38.3 Å². The van der Waals surface area contributed by atoms with E-state index in [0.717, 1.165) is 25.3 Å². The van der Waals surface area contributed by atoms with E-state index in [1.54, 1.807) is 7.11 Å². The molecule has 0 aliphatic heterocycles. The summed E-state index contributed by atoms with van der Waals surface area (Å²) in [6.07, 6.45) is 2.28. The zero-order valence-corrected chi connectivity index (χ0v) is 13.6. The fraction of sp³-hybridized carbons (Fsp3) is 0.647. The molecule has 0 aliphatic carbocycles. The first-order valence-corrected chi connectivity index (χ1v) is 7.84. The van der Waals surface area contributed by atoms with Crippen molar-refractivity contribution in [3.05, 3.63) is 29.8 Å². The third-order valence-corrected chi connectivity index (χ3v) is 3.27. The Morgan fingerprint density at radius 1 is 1.00 bits per heavy atom. The molecule has 1 atom stereocenters. The molecule has 1 rings (SSSR count). The first-order chi connectivity index (χ1) is 10.3. The molecule has 120 valence electrons. The van der Waals surface area contributed by atoms with Gasteiger partial charge in [-0.05, 0) is 30.7 Å². The topological polar surface area (TPSA) is 39.7 Å². The van der Waals surface area contributed by atoms with Crippen molar-refractivity contribution in [2.75, 3.05) is 40.1 Å². The van der Waals surface area contributed by atoms with Crippen molar-refractivity contribution >= 4 is 0 Å². The fourth-order valence-corrected chi connectivity index (χ4v) is 2.02. The van der Waals surface area contributed by atoms with Gasteiger partial charge in [-0.3, -0.25) is 0 Å². The number of methoxy groups -OCH3 is 1. The molecule has 1 N–H and O–H groups in total. The molecule has 0 bridgehead atoms. The van der Waals surface area contributed by atoms with Crippen LogP contribution in [0.3, 0.4) is 0 Å². The predicted molar refractivity (Wildman–Crippen MR) is 86.0 cm³/mol. The van der Waals surface area contributed by atoms with Crippen LogP contribution in [-0.2, 0) is 9.47 Å². The van der Waals surface area contributed by atoms with Gasteiger partial charge in [0.15, 0.2) is 0 Å². The van der Waals surface area contributed by atoms with E-state index in [0.29, 0.717) is 19.8 Å². The first-order valence-electron chi connectivity index (χ1n) is 7.84. The zero-order chi connectivity index (χ0) is 15.3. The Bertz CT molecular complexity index is 354. The summed E-state index contributed by atoms with van der Waals surface area (Å²) in [4.78, 5) is 0. The highest BCUT2D eigenvalue weighted by molar-refractivity contribution is 5.29. The Morgan fingerprint density at radius 2 is 1.71 bits per heavy atom. The Hall–Kier alpha value is -1.10. The van der Waals surface area contributed by atoms with E-state index in [2.05, 4.69) is 31.3 Å². The largest absolute Gasteiger partial charge is 0.497 e. The number of hydrogen-bond donors (Lipinski definition) is 1. The Labute approximate surface area is 128 Å². The smallest absolute Gasteiger partial charge is 0.118 e. The van der Waals surface area contributed by atoms with Crippen molar-refractivity contribution in [3.8, 4) is 5.75 Å². The van der Waals surface area contributed by atoms with Crippen molar-refractivity contribution in [1.82, 2.24) is 5.32 Å². The zero-order valence-electron chi connectivity index (χ0n) is 13.6. The number of ether oxygens (including phenoxy) is 3. The maximum Gasteiger partial charge on any atom is 0.118 e. The molecule has 4 nitrogen and oxygen atoms in total. The summed E-state index contributed by atoms with van der Waals surface area (Å²) in [5.41, 5.74) is 1.21. The van der Waals surface area contributed by atoms with E-state index in [1.807, 2.05) is 12.1 Å². The molecular weight excluding hydrogens is 266 g/mol. The third-order valence-electron chi connectivity index (χ3n) is 3.27. The number of hydrogen-bond acceptors (Lipinski definition) is 4. The minimum absolute atomic E-state index is 0.205. The van der Waals surface area contributed by atoms with E-state index >= 15 is 0 Å². The van der Waals surface area contributed by atoms with Gasteiger partial charge in [0.05, 0.1) is 33.0 Å². The second-order valence-electron chi connectivity index (χ2n) is 4.92. The number of benzene rings is 1. The minimum Gasteiger partial charge on any atom is -0.497 e. The lowest BCUT2D eigenvalue weighted by atomic mass is 10.1. The number of unbranched alkanes of at least 4 members (excludes halogenated alkanes) is 1. The normalized spacial score (nSPS) is 12.3. The molecule has 1 aromatic rings. The van der Waals surface area contributed by atoms with Crippen LogP contribution >= 0.6 is 0 Å². The average molecular weight is 295 g/mol. The average Bonchev–Trinajstić information content (AvgIpc) is 2.53. The van der Waals surface area contributed by atoms with Gasteiger partial charge in [-0.2, -0.15) is 0 Å². The summed E-state index contributed by atoms with van der Waals surface area (Å²) in [6.45, 7) is 7.96. The van der Waals surface area contributed by atoms with Gasteiger partial charge in [-0.15, -0.1) is 0 Å². The molecule has 0 amide bonds. The highest BCUT2D eigenvalue weighted by Crippen LogP contribution is 2.18. The standard InChI is InChI=1S/C17H29NO3/c1-4-6-11-20-12-13-21-14-17(18-5-2)15-7-9-16(19-3)10-8-15/h7-10,17-18H,4-6,11-14H2,1-3H3. The maximum absolute atomic E-state index is 5.72. The van der Waals surface area contributed by atoms with E-state index in [4.69, 9.17) is 14.2 Å². The summed E-state index contributed by atoms with van der Waals surface area (Å²) in [5, 5.41) is 3.44. The monoisotopic (exact) mass is 295 g/mol. The van der Waals surface area contributed by atoms with E-state index in [9.17, 15) is 0 Å². The fourth-order valence-electron chi connectivity index (χ4n) is 2.02. The predicted octanol–water partition coefficient (Wildman–Crippen LogP) is 3.18. The van der Waals surface area contributed by atoms with Crippen LogP contribution in [0.4, 0.5) is 0 Å². The molecule has 0 saturated heterocycles. The second kappa shape index (κ2) is 11.5. The van der Waals surface area contributed by atoms with Crippen LogP contribution in [0.25, 0.3) is 0 Å². The van der Waals surface area contributed by atoms with Crippen molar-refractivity contribution in [2.45, 2.75) is 32.7 Å². The van der Waals surface area contributed by atoms with Crippen molar-refractivity contribution in [3.63, 3.8) is 0 Å². The Balaban J connectivity index is 2.32. The van der Waals surface area contributed by atoms with Gasteiger partial charge in [-0.1, -0.05) is 32.4 Å². The molecule has 4 heteroatoms. The van der Waals surface area contributed by atoms with Crippen LogP contribution in [0.5, 0.6) is 5.75 Å². The Morgan fingerprint density at radius 3 is 2.33 bits per heavy atom. The first kappa shape index (κ1) is 18.0. The third kappa shape index (κ3) is 7.46. The van der Waals surface area contributed by atoms with Gasteiger partial charge in [0, 0.05) is 6.61 Å². The summed E-state index contributed by atoms with van der Waals surface area (Å²) in [6, 6.07) is 8.32. The number of likely N-dealkylation sites (N-methyl/N-ethyl adjacent to an activating group) is 1. The van der Waals surface area contributed by atoms with Crippen LogP contribution in [0.15, 0.2) is 24.3 Å². The SMILES string of the molecule is CCCCOCCOCC(NCC)c1ccc(OC)cc1. The Kier molecular flexibility index (Phi) is 9.87. The van der Waals surface area contributed by atoms with Crippen molar-refractivity contribution in [1.29, 1.82) is 0 Å². The van der Waals surface area contributed by atoms with Gasteiger partial charge in [0.2, 0.25) is 0 Å². The van der Waals surface area contributed by atoms with Gasteiger partial charge in [0.1, 0.15) is 5.75 Å². The maximum atomic E-state index is 5.72. The molecule has 21 heavy (non-hydrogen) atoms. The molecule has 0 aliphatic rings. The molecule has 0 spiro atoms. The van der Waals surface area contributed by atoms with E-state index in [-0.39, 0.29) is 6.04 Å². The van der Waals surface area contributed by atoms with Crippen LogP contribution in [0.2, 0.25) is 0 Å². The molecule has 1 aromatic carbocycles.